The molecule has 8 nitrogen and oxygen atoms in total. The molecule has 2 N–H and O–H groups in total. The number of likely N-dealkylation sites (tertiary alicyclic amines) is 1. The first-order valence-electron chi connectivity index (χ1n) is 9.97. The van der Waals surface area contributed by atoms with Gasteiger partial charge < -0.3 is 19.9 Å². The lowest BCUT2D eigenvalue weighted by Gasteiger charge is -2.32. The quantitative estimate of drug-likeness (QED) is 0.633. The van der Waals surface area contributed by atoms with Crippen LogP contribution in [-0.4, -0.2) is 52.4 Å². The van der Waals surface area contributed by atoms with Crippen LogP contribution in [0.2, 0.25) is 5.02 Å². The number of H-pyrrole nitrogens is 1. The van der Waals surface area contributed by atoms with Crippen molar-refractivity contribution in [3.63, 3.8) is 0 Å². The number of nitrogens with zero attached hydrogens (tertiary/aromatic N) is 2. The zero-order valence-electron chi connectivity index (χ0n) is 16.6. The maximum Gasteiger partial charge on any atom is 0.280 e. The summed E-state index contributed by atoms with van der Waals surface area (Å²) in [4.78, 5) is 45.4. The Morgan fingerprint density at radius 3 is 2.58 bits per heavy atom. The Hall–Kier alpha value is -3.39. The van der Waals surface area contributed by atoms with Crippen LogP contribution in [0.15, 0.2) is 53.3 Å². The third kappa shape index (κ3) is 5.03. The summed E-state index contributed by atoms with van der Waals surface area (Å²) in [6, 6.07) is 14.1. The fraction of sp³-hybridized carbons (Fsp3) is 0.273. The molecule has 1 saturated heterocycles. The smallest absolute Gasteiger partial charge is 0.280 e. The second kappa shape index (κ2) is 9.18. The average Bonchev–Trinajstić information content (AvgIpc) is 2.79. The molecule has 0 bridgehead atoms. The molecule has 1 aromatic heterocycles. The summed E-state index contributed by atoms with van der Waals surface area (Å²) < 4.78 is 5.93. The highest BCUT2D eigenvalue weighted by Crippen LogP contribution is 2.21. The Labute approximate surface area is 183 Å². The molecule has 2 amide bonds. The standard InChI is InChI=1S/C22H21ClN4O4/c23-14-5-7-15(8-6-14)31-16-9-11-27(12-10-16)19(28)13-24-21(29)20-22(30)26-18-4-2-1-3-17(18)25-20/h1-8,16H,9-13H2,(H,24,29)(H,26,30). The Morgan fingerprint density at radius 1 is 1.13 bits per heavy atom. The summed E-state index contributed by atoms with van der Waals surface area (Å²) in [6.45, 7) is 0.860. The number of nitrogens with one attached hydrogen (secondary N) is 2. The average molecular weight is 441 g/mol. The molecule has 4 rings (SSSR count). The van der Waals surface area contributed by atoms with Gasteiger partial charge in [0.1, 0.15) is 11.9 Å². The number of hydrogen-bond donors (Lipinski definition) is 2. The molecule has 31 heavy (non-hydrogen) atoms. The van der Waals surface area contributed by atoms with Gasteiger partial charge in [0.25, 0.3) is 11.5 Å². The van der Waals surface area contributed by atoms with E-state index in [4.69, 9.17) is 16.3 Å². The lowest BCUT2D eigenvalue weighted by Crippen LogP contribution is -2.46. The van der Waals surface area contributed by atoms with Gasteiger partial charge in [-0.3, -0.25) is 14.4 Å². The molecule has 1 aliphatic heterocycles. The van der Waals surface area contributed by atoms with Crippen LogP contribution >= 0.6 is 11.6 Å². The van der Waals surface area contributed by atoms with Gasteiger partial charge in [-0.15, -0.1) is 0 Å². The predicted octanol–water partition coefficient (Wildman–Crippen LogP) is 2.38. The topological polar surface area (TPSA) is 104 Å². The van der Waals surface area contributed by atoms with Crippen molar-refractivity contribution >= 4 is 34.4 Å². The molecular weight excluding hydrogens is 420 g/mol. The number of halogens is 1. The number of hydrogen-bond acceptors (Lipinski definition) is 5. The number of aromatic nitrogens is 2. The first-order valence-corrected chi connectivity index (χ1v) is 10.3. The molecule has 2 heterocycles. The first kappa shape index (κ1) is 20.9. The summed E-state index contributed by atoms with van der Waals surface area (Å²) in [5.41, 5.74) is 0.190. The second-order valence-electron chi connectivity index (χ2n) is 7.27. The summed E-state index contributed by atoms with van der Waals surface area (Å²) in [5, 5.41) is 3.15. The lowest BCUT2D eigenvalue weighted by atomic mass is 10.1. The first-order chi connectivity index (χ1) is 15.0. The number of aromatic amines is 1. The third-order valence-electron chi connectivity index (χ3n) is 5.13. The molecule has 0 spiro atoms. The lowest BCUT2D eigenvalue weighted by molar-refractivity contribution is -0.131. The van der Waals surface area contributed by atoms with Crippen molar-refractivity contribution in [1.29, 1.82) is 0 Å². The van der Waals surface area contributed by atoms with Gasteiger partial charge in [0.2, 0.25) is 5.91 Å². The SMILES string of the molecule is O=C(NCC(=O)N1CCC(Oc2ccc(Cl)cc2)CC1)c1nc2ccccc2[nH]c1=O. The van der Waals surface area contributed by atoms with Crippen LogP contribution in [0.4, 0.5) is 0 Å². The summed E-state index contributed by atoms with van der Waals surface area (Å²) >= 11 is 5.88. The van der Waals surface area contributed by atoms with Crippen LogP contribution in [0.5, 0.6) is 5.75 Å². The highest BCUT2D eigenvalue weighted by atomic mass is 35.5. The van der Waals surface area contributed by atoms with E-state index in [1.807, 2.05) is 12.1 Å². The molecule has 3 aromatic rings. The molecule has 9 heteroatoms. The van der Waals surface area contributed by atoms with E-state index in [-0.39, 0.29) is 24.2 Å². The van der Waals surface area contributed by atoms with Gasteiger partial charge in [0.05, 0.1) is 17.6 Å². The Balaban J connectivity index is 1.28. The van der Waals surface area contributed by atoms with Crippen molar-refractivity contribution in [2.75, 3.05) is 19.6 Å². The Morgan fingerprint density at radius 2 is 1.84 bits per heavy atom. The molecule has 1 aliphatic rings. The maximum absolute atomic E-state index is 12.5. The van der Waals surface area contributed by atoms with E-state index in [9.17, 15) is 14.4 Å². The maximum atomic E-state index is 12.5. The zero-order chi connectivity index (χ0) is 21.8. The molecule has 2 aromatic carbocycles. The van der Waals surface area contributed by atoms with Crippen LogP contribution in [0.3, 0.4) is 0 Å². The summed E-state index contributed by atoms with van der Waals surface area (Å²) in [5.74, 6) is -0.147. The van der Waals surface area contributed by atoms with Gasteiger partial charge in [-0.1, -0.05) is 23.7 Å². The number of fused-ring (bicyclic) bond motifs is 1. The second-order valence-corrected chi connectivity index (χ2v) is 7.70. The Bertz CT molecular complexity index is 1150. The fourth-order valence-corrected chi connectivity index (χ4v) is 3.59. The molecule has 0 unspecified atom stereocenters. The van der Waals surface area contributed by atoms with E-state index in [0.717, 1.165) is 5.75 Å². The third-order valence-corrected chi connectivity index (χ3v) is 5.38. The number of carbonyl (C=O) groups is 2. The monoisotopic (exact) mass is 440 g/mol. The van der Waals surface area contributed by atoms with Crippen LogP contribution in [0.25, 0.3) is 11.0 Å². The van der Waals surface area contributed by atoms with E-state index in [1.54, 1.807) is 41.3 Å². The summed E-state index contributed by atoms with van der Waals surface area (Å²) in [7, 11) is 0. The molecule has 0 saturated carbocycles. The van der Waals surface area contributed by atoms with Gasteiger partial charge in [-0.25, -0.2) is 4.98 Å². The van der Waals surface area contributed by atoms with E-state index >= 15 is 0 Å². The van der Waals surface area contributed by atoms with Gasteiger partial charge in [0, 0.05) is 31.0 Å². The van der Waals surface area contributed by atoms with Crippen molar-refractivity contribution in [2.45, 2.75) is 18.9 Å². The van der Waals surface area contributed by atoms with Gasteiger partial charge >= 0.3 is 0 Å². The summed E-state index contributed by atoms with van der Waals surface area (Å²) in [6.07, 6.45) is 1.39. The highest BCUT2D eigenvalue weighted by Gasteiger charge is 2.24. The van der Waals surface area contributed by atoms with Gasteiger partial charge in [-0.2, -0.15) is 0 Å². The predicted molar refractivity (Wildman–Crippen MR) is 116 cm³/mol. The number of benzene rings is 2. The van der Waals surface area contributed by atoms with E-state index < -0.39 is 11.5 Å². The molecule has 0 radical (unpaired) electrons. The molecule has 160 valence electrons. The minimum absolute atomic E-state index is 0.0141. The van der Waals surface area contributed by atoms with Gasteiger partial charge in [-0.05, 0) is 36.4 Å². The van der Waals surface area contributed by atoms with Crippen LogP contribution in [0, 0.1) is 0 Å². The van der Waals surface area contributed by atoms with Crippen LogP contribution in [-0.2, 0) is 4.79 Å². The van der Waals surface area contributed by atoms with E-state index in [0.29, 0.717) is 42.0 Å². The molecule has 0 atom stereocenters. The number of para-hydroxylation sites is 2. The largest absolute Gasteiger partial charge is 0.490 e. The number of ether oxygens (including phenoxy) is 1. The normalized spacial score (nSPS) is 14.4. The van der Waals surface area contributed by atoms with Crippen LogP contribution in [0.1, 0.15) is 23.3 Å². The minimum Gasteiger partial charge on any atom is -0.490 e. The van der Waals surface area contributed by atoms with E-state index in [2.05, 4.69) is 15.3 Å². The van der Waals surface area contributed by atoms with Crippen molar-refractivity contribution in [2.24, 2.45) is 0 Å². The fourth-order valence-electron chi connectivity index (χ4n) is 3.46. The number of amides is 2. The minimum atomic E-state index is -0.679. The van der Waals surface area contributed by atoms with Crippen molar-refractivity contribution in [3.05, 3.63) is 69.6 Å². The van der Waals surface area contributed by atoms with Crippen molar-refractivity contribution in [3.8, 4) is 5.75 Å². The number of carbonyl (C=O) groups excluding carboxylic acids is 2. The number of piperidine rings is 1. The molecule has 0 aliphatic carbocycles. The highest BCUT2D eigenvalue weighted by molar-refractivity contribution is 6.30. The molecule has 1 fully saturated rings. The Kier molecular flexibility index (Phi) is 6.18. The van der Waals surface area contributed by atoms with Crippen molar-refractivity contribution in [1.82, 2.24) is 20.2 Å². The van der Waals surface area contributed by atoms with Crippen LogP contribution < -0.4 is 15.6 Å². The van der Waals surface area contributed by atoms with Gasteiger partial charge in [0.15, 0.2) is 5.69 Å². The van der Waals surface area contributed by atoms with E-state index in [1.165, 1.54) is 0 Å². The number of rotatable bonds is 5. The van der Waals surface area contributed by atoms with Crippen molar-refractivity contribution < 1.29 is 14.3 Å². The molecular formula is C22H21ClN4O4. The zero-order valence-corrected chi connectivity index (χ0v) is 17.4.